The Kier molecular flexibility index (Phi) is 1.57. The van der Waals surface area contributed by atoms with Crippen LogP contribution in [-0.2, 0) is 6.42 Å². The van der Waals surface area contributed by atoms with Crippen molar-refractivity contribution in [3.63, 3.8) is 0 Å². The van der Waals surface area contributed by atoms with Crippen LogP contribution in [0.2, 0.25) is 0 Å². The molecule has 2 heterocycles. The second-order valence-corrected chi connectivity index (χ2v) is 3.53. The van der Waals surface area contributed by atoms with Gasteiger partial charge in [0.1, 0.15) is 0 Å². The molecule has 14 heavy (non-hydrogen) atoms. The summed E-state index contributed by atoms with van der Waals surface area (Å²) in [6, 6.07) is 8.55. The minimum Gasteiger partial charge on any atom is -0.317 e. The second kappa shape index (κ2) is 2.88. The van der Waals surface area contributed by atoms with Crippen LogP contribution in [-0.4, -0.2) is 0 Å². The van der Waals surface area contributed by atoms with Crippen LogP contribution in [0, 0.1) is 0 Å². The van der Waals surface area contributed by atoms with Crippen molar-refractivity contribution < 1.29 is 0 Å². The summed E-state index contributed by atoms with van der Waals surface area (Å²) < 4.78 is 0. The van der Waals surface area contributed by atoms with E-state index in [9.17, 15) is 0 Å². The van der Waals surface area contributed by atoms with Crippen LogP contribution in [0.3, 0.4) is 0 Å². The van der Waals surface area contributed by atoms with Gasteiger partial charge in [0.25, 0.3) is 0 Å². The molecule has 1 heteroatoms. The summed E-state index contributed by atoms with van der Waals surface area (Å²) >= 11 is 0. The molecule has 2 aliphatic heterocycles. The molecule has 0 atom stereocenters. The summed E-state index contributed by atoms with van der Waals surface area (Å²) in [6.45, 7) is 0. The second-order valence-electron chi connectivity index (χ2n) is 3.53. The lowest BCUT2D eigenvalue weighted by atomic mass is 10.0. The monoisotopic (exact) mass is 181 g/mol. The lowest BCUT2D eigenvalue weighted by Gasteiger charge is -2.29. The van der Waals surface area contributed by atoms with Gasteiger partial charge in [-0.05, 0) is 30.2 Å². The first-order chi connectivity index (χ1) is 6.95. The summed E-state index contributed by atoms with van der Waals surface area (Å²) in [5.74, 6) is 0. The van der Waals surface area contributed by atoms with E-state index >= 15 is 0 Å². The number of fused-ring (bicyclic) bond motifs is 3. The van der Waals surface area contributed by atoms with Crippen molar-refractivity contribution in [2.75, 3.05) is 4.90 Å². The van der Waals surface area contributed by atoms with E-state index in [4.69, 9.17) is 0 Å². The smallest absolute Gasteiger partial charge is 0.0490 e. The number of anilines is 1. The summed E-state index contributed by atoms with van der Waals surface area (Å²) in [6.07, 6.45) is 11.7. The molecule has 0 aromatic heterocycles. The molecule has 0 spiro atoms. The van der Waals surface area contributed by atoms with Gasteiger partial charge in [-0.15, -0.1) is 0 Å². The van der Waals surface area contributed by atoms with Crippen LogP contribution in [0.15, 0.2) is 60.5 Å². The van der Waals surface area contributed by atoms with Gasteiger partial charge in [0.05, 0.1) is 0 Å². The predicted octanol–water partition coefficient (Wildman–Crippen LogP) is 3.02. The van der Waals surface area contributed by atoms with E-state index in [0.29, 0.717) is 0 Å². The lowest BCUT2D eigenvalue weighted by molar-refractivity contribution is 1.07. The standard InChI is InChI=1S/C13H11N/c1-2-7-13-11(5-1)8-9-12-6-3-4-10-14(12)13/h1-7,9-10H,8H2. The molecule has 1 aromatic carbocycles. The zero-order chi connectivity index (χ0) is 9.38. The molecule has 0 unspecified atom stereocenters. The Hall–Kier alpha value is -1.76. The Morgan fingerprint density at radius 1 is 1.07 bits per heavy atom. The SMILES string of the molecule is C1=CC2=CCc3ccccc3N2C=C1. The van der Waals surface area contributed by atoms with E-state index in [-0.39, 0.29) is 0 Å². The van der Waals surface area contributed by atoms with Gasteiger partial charge < -0.3 is 4.90 Å². The molecule has 0 aliphatic carbocycles. The zero-order valence-corrected chi connectivity index (χ0v) is 7.85. The fraction of sp³-hybridized carbons (Fsp3) is 0.0769. The maximum Gasteiger partial charge on any atom is 0.0490 e. The quantitative estimate of drug-likeness (QED) is 0.594. The first kappa shape index (κ1) is 7.63. The largest absolute Gasteiger partial charge is 0.317 e. The Morgan fingerprint density at radius 3 is 3.00 bits per heavy atom. The Balaban J connectivity index is 2.15. The molecular weight excluding hydrogens is 170 g/mol. The molecule has 0 bridgehead atoms. The highest BCUT2D eigenvalue weighted by molar-refractivity contribution is 5.66. The maximum atomic E-state index is 2.27. The molecule has 3 rings (SSSR count). The third-order valence-electron chi connectivity index (χ3n) is 2.67. The fourth-order valence-corrected chi connectivity index (χ4v) is 1.98. The van der Waals surface area contributed by atoms with Gasteiger partial charge in [0.15, 0.2) is 0 Å². The molecule has 1 nitrogen and oxygen atoms in total. The van der Waals surface area contributed by atoms with E-state index in [1.807, 2.05) is 0 Å². The first-order valence-electron chi connectivity index (χ1n) is 4.87. The number of hydrogen-bond donors (Lipinski definition) is 0. The van der Waals surface area contributed by atoms with Crippen LogP contribution in [0.4, 0.5) is 5.69 Å². The van der Waals surface area contributed by atoms with Gasteiger partial charge in [-0.1, -0.05) is 30.4 Å². The summed E-state index contributed by atoms with van der Waals surface area (Å²) in [5.41, 5.74) is 3.99. The van der Waals surface area contributed by atoms with Gasteiger partial charge in [-0.25, -0.2) is 0 Å². The fourth-order valence-electron chi connectivity index (χ4n) is 1.98. The zero-order valence-electron chi connectivity index (χ0n) is 7.85. The molecule has 0 fully saturated rings. The van der Waals surface area contributed by atoms with Crippen molar-refractivity contribution in [2.45, 2.75) is 6.42 Å². The van der Waals surface area contributed by atoms with Crippen LogP contribution in [0.5, 0.6) is 0 Å². The molecule has 0 amide bonds. The number of benzene rings is 1. The van der Waals surface area contributed by atoms with Crippen molar-refractivity contribution in [1.29, 1.82) is 0 Å². The van der Waals surface area contributed by atoms with Crippen LogP contribution < -0.4 is 4.90 Å². The van der Waals surface area contributed by atoms with Crippen LogP contribution in [0.1, 0.15) is 5.56 Å². The van der Waals surface area contributed by atoms with E-state index in [0.717, 1.165) is 6.42 Å². The van der Waals surface area contributed by atoms with Gasteiger partial charge >= 0.3 is 0 Å². The van der Waals surface area contributed by atoms with E-state index in [2.05, 4.69) is 59.7 Å². The predicted molar refractivity (Wildman–Crippen MR) is 59.0 cm³/mol. The molecule has 68 valence electrons. The third-order valence-corrected chi connectivity index (χ3v) is 2.67. The van der Waals surface area contributed by atoms with E-state index in [1.54, 1.807) is 0 Å². The van der Waals surface area contributed by atoms with Crippen molar-refractivity contribution in [1.82, 2.24) is 0 Å². The number of para-hydroxylation sites is 1. The maximum absolute atomic E-state index is 2.27. The third kappa shape index (κ3) is 1.02. The normalized spacial score (nSPS) is 17.4. The van der Waals surface area contributed by atoms with E-state index < -0.39 is 0 Å². The van der Waals surface area contributed by atoms with Gasteiger partial charge in [0.2, 0.25) is 0 Å². The minimum atomic E-state index is 1.04. The molecule has 0 radical (unpaired) electrons. The molecule has 1 aromatic rings. The van der Waals surface area contributed by atoms with Crippen molar-refractivity contribution in [3.8, 4) is 0 Å². The first-order valence-corrected chi connectivity index (χ1v) is 4.87. The average molecular weight is 181 g/mol. The van der Waals surface area contributed by atoms with Gasteiger partial charge in [0, 0.05) is 17.6 Å². The van der Waals surface area contributed by atoms with Crippen molar-refractivity contribution in [3.05, 3.63) is 66.0 Å². The topological polar surface area (TPSA) is 3.24 Å². The van der Waals surface area contributed by atoms with Crippen LogP contribution in [0.25, 0.3) is 0 Å². The summed E-state index contributed by atoms with van der Waals surface area (Å²) in [4.78, 5) is 2.23. The number of nitrogens with zero attached hydrogens (tertiary/aromatic N) is 1. The van der Waals surface area contributed by atoms with Crippen molar-refractivity contribution in [2.24, 2.45) is 0 Å². The highest BCUT2D eigenvalue weighted by Gasteiger charge is 2.16. The molecule has 2 aliphatic rings. The summed E-state index contributed by atoms with van der Waals surface area (Å²) in [5, 5.41) is 0. The molecule has 0 saturated heterocycles. The van der Waals surface area contributed by atoms with E-state index in [1.165, 1.54) is 16.9 Å². The minimum absolute atomic E-state index is 1.04. The summed E-state index contributed by atoms with van der Waals surface area (Å²) in [7, 11) is 0. The molecule has 0 N–H and O–H groups in total. The highest BCUT2D eigenvalue weighted by Crippen LogP contribution is 2.31. The highest BCUT2D eigenvalue weighted by atomic mass is 15.1. The van der Waals surface area contributed by atoms with Gasteiger partial charge in [-0.3, -0.25) is 0 Å². The molecule has 0 saturated carbocycles. The Bertz CT molecular complexity index is 452. The van der Waals surface area contributed by atoms with Gasteiger partial charge in [-0.2, -0.15) is 0 Å². The number of rotatable bonds is 0. The number of hydrogen-bond acceptors (Lipinski definition) is 1. The number of allylic oxidation sites excluding steroid dienone is 4. The van der Waals surface area contributed by atoms with Crippen molar-refractivity contribution >= 4 is 5.69 Å². The lowest BCUT2D eigenvalue weighted by Crippen LogP contribution is -2.20. The Morgan fingerprint density at radius 2 is 2.00 bits per heavy atom. The van der Waals surface area contributed by atoms with Crippen LogP contribution >= 0.6 is 0 Å². The molecular formula is C13H11N. The average Bonchev–Trinajstić information content (AvgIpc) is 2.29. The Labute approximate surface area is 83.7 Å².